The van der Waals surface area contributed by atoms with Gasteiger partial charge in [0.05, 0.1) is 41.7 Å². The fourth-order valence-corrected chi connectivity index (χ4v) is 8.68. The smallest absolute Gasteiger partial charge is 0.356 e. The number of aromatic carboxylic acids is 2. The molecule has 0 aliphatic carbocycles. The molecule has 1 amide bonds. The zero-order chi connectivity index (χ0) is 87.0. The maximum atomic E-state index is 12.2. The summed E-state index contributed by atoms with van der Waals surface area (Å²) in [5, 5.41) is 29.1. The zero-order valence-corrected chi connectivity index (χ0v) is 68.7. The van der Waals surface area contributed by atoms with Crippen molar-refractivity contribution in [3.8, 4) is 94.9 Å². The zero-order valence-electron chi connectivity index (χ0n) is 64.6. The molecule has 0 saturated heterocycles. The fraction of sp³-hybridized carbons (Fsp3) is 0.125. The minimum atomic E-state index is -1.36. The second kappa shape index (κ2) is 51.2. The van der Waals surface area contributed by atoms with Crippen LogP contribution >= 0.6 is 31.9 Å². The predicted octanol–water partition coefficient (Wildman–Crippen LogP) is 10.5. The Bertz CT molecular complexity index is 5620. The molecule has 27 nitrogen and oxygen atoms in total. The molecule has 7 aromatic heterocycles. The first-order valence-corrected chi connectivity index (χ1v) is 39.0. The Hall–Kier alpha value is -15.5. The van der Waals surface area contributed by atoms with Crippen molar-refractivity contribution in [1.82, 2.24) is 40.2 Å². The van der Waals surface area contributed by atoms with E-state index in [-0.39, 0.29) is 28.5 Å². The van der Waals surface area contributed by atoms with Crippen molar-refractivity contribution < 1.29 is 77.4 Å². The van der Waals surface area contributed by atoms with E-state index in [2.05, 4.69) is 204 Å². The summed E-state index contributed by atoms with van der Waals surface area (Å²) in [5.41, 5.74) is 29.1. The highest BCUT2D eigenvalue weighted by molar-refractivity contribution is 9.10. The lowest BCUT2D eigenvalue weighted by molar-refractivity contribution is -0.145. The Morgan fingerprint density at radius 3 is 0.873 bits per heavy atom. The second-order valence-electron chi connectivity index (χ2n) is 23.7. The first-order valence-electron chi connectivity index (χ1n) is 33.9. The van der Waals surface area contributed by atoms with Crippen LogP contribution in [0.25, 0.3) is 0 Å². The topological polar surface area (TPSA) is 424 Å². The van der Waals surface area contributed by atoms with E-state index in [1.165, 1.54) is 97.7 Å². The first-order chi connectivity index (χ1) is 56.4. The minimum Gasteiger partial charge on any atom is -0.477 e. The average molecular weight is 1730 g/mol. The number of pyridine rings is 7. The van der Waals surface area contributed by atoms with Crippen LogP contribution in [0.2, 0.25) is 19.6 Å². The molecule has 7 heterocycles. The molecule has 10 rings (SSSR count). The number of aliphatic hydroxyl groups excluding tert-OH is 1. The van der Waals surface area contributed by atoms with E-state index in [9.17, 15) is 43.5 Å². The number of nitrogens with zero attached hydrogens (tertiary/aromatic N) is 7. The van der Waals surface area contributed by atoms with Crippen LogP contribution in [0, 0.1) is 94.9 Å². The number of terminal acetylenes is 1. The average Bonchev–Trinajstić information content (AvgIpc) is 0.851. The molecule has 0 aliphatic rings. The lowest BCUT2D eigenvalue weighted by atomic mass is 10.1. The van der Waals surface area contributed by atoms with Gasteiger partial charge in [0.15, 0.2) is 6.04 Å². The van der Waals surface area contributed by atoms with E-state index < -0.39 is 67.9 Å². The maximum Gasteiger partial charge on any atom is 0.356 e. The van der Waals surface area contributed by atoms with Gasteiger partial charge in [-0.05, 0) is 232 Å². The number of carbonyl (C=O) groups is 8. The van der Waals surface area contributed by atoms with Gasteiger partial charge in [0.1, 0.15) is 47.9 Å². The SMILES string of the molecule is C#Cc1ccc(C(=O)OC)nc1.COC(=O)[C@@H](NC(=O)c1ccc(C#CC#Cc2ccc(N)cc2)cn1)C(C)O.COC(=O)c1ccc(Br)cn1.COC(=O)c1ccc(C#CC#Cc2ccc(N)cc2)cn1.COC(=O)c1ccc(C#C[Si](C)(C)C)cn1.Nc1ccc(C#CC#Cc2ccc(C(=O)O)nc2)cc1.O=C(O)c1ccc(Br)cn1. The van der Waals surface area contributed by atoms with Gasteiger partial charge in [0, 0.05) is 114 Å². The summed E-state index contributed by atoms with van der Waals surface area (Å²) in [6, 6.07) is 42.6. The maximum absolute atomic E-state index is 12.2. The molecule has 0 radical (unpaired) electrons. The number of hydrogen-bond donors (Lipinski definition) is 7. The number of esters is 5. The number of amides is 1. The number of methoxy groups -OCH3 is 5. The van der Waals surface area contributed by atoms with Crippen LogP contribution in [0.15, 0.2) is 210 Å². The van der Waals surface area contributed by atoms with Gasteiger partial charge in [-0.25, -0.2) is 68.4 Å². The van der Waals surface area contributed by atoms with Crippen LogP contribution < -0.4 is 22.5 Å². The normalized spacial score (nSPS) is 9.75. The summed E-state index contributed by atoms with van der Waals surface area (Å²) in [5.74, 6) is 33.7. The van der Waals surface area contributed by atoms with Crippen molar-refractivity contribution in [1.29, 1.82) is 0 Å². The van der Waals surface area contributed by atoms with Crippen molar-refractivity contribution in [2.24, 2.45) is 0 Å². The molecule has 0 saturated carbocycles. The third-order valence-corrected chi connectivity index (χ3v) is 15.5. The van der Waals surface area contributed by atoms with Gasteiger partial charge in [0.25, 0.3) is 5.91 Å². The third-order valence-electron chi connectivity index (χ3n) is 13.7. The van der Waals surface area contributed by atoms with Crippen LogP contribution in [0.3, 0.4) is 0 Å². The van der Waals surface area contributed by atoms with Crippen LogP contribution in [-0.2, 0) is 28.5 Å². The van der Waals surface area contributed by atoms with Crippen molar-refractivity contribution in [2.75, 3.05) is 52.7 Å². The van der Waals surface area contributed by atoms with Gasteiger partial charge in [-0.1, -0.05) is 67.0 Å². The number of ether oxygens (including phenoxy) is 5. The fourth-order valence-electron chi connectivity index (χ4n) is 7.69. The standard InChI is InChI=1S/C21H19N3O4.C17H12N2O2.C16H10N2O2.C12H15NO2Si.C9H7NO2.C7H6BrNO2.C6H4BrNO2/c1-14(25)19(21(27)28-2)24-20(26)18-12-9-16(13-23-18)6-4-3-5-15-7-10-17(22)11-8-15;1-21-17(20)16-11-8-14(12-19-16)5-3-2-4-13-6-9-15(18)10-7-13;17-14-8-5-12(6-9-14)3-1-2-4-13-7-10-15(16(19)20)18-11-13;1-15-12(14)11-6-5-10(9-13-11)7-8-16(2,3)4;1-3-7-4-5-8(10-6-7)9(11)12-2;1-11-7(10)6-3-2-5(8)4-9-6;7-4-1-2-5(6(9)10)8-3-4/h7-14,19,25H,22H2,1-2H3,(H,24,26);6-12H,18H2,1H3;5-11H,17H2,(H,19,20);5-6,9H,1-4H3;1,4-6H,2H3;2-4H,1H3;1-3H,(H,9,10)/t14?,19-;;;;;;/m0....../s1. The van der Waals surface area contributed by atoms with Crippen molar-refractivity contribution in [2.45, 2.75) is 38.7 Å². The molecule has 0 spiro atoms. The van der Waals surface area contributed by atoms with Crippen LogP contribution in [-0.4, -0.2) is 154 Å². The van der Waals surface area contributed by atoms with Gasteiger partial charge in [-0.3, -0.25) is 4.79 Å². The number of halogens is 2. The van der Waals surface area contributed by atoms with E-state index in [4.69, 9.17) is 33.8 Å². The van der Waals surface area contributed by atoms with Crippen LogP contribution in [0.5, 0.6) is 0 Å². The molecule has 3 aromatic carbocycles. The molecule has 10 N–H and O–H groups in total. The number of carboxylic acids is 2. The van der Waals surface area contributed by atoms with Gasteiger partial charge in [-0.2, -0.15) is 0 Å². The number of carboxylic acid groups (broad SMARTS) is 2. The Kier molecular flexibility index (Phi) is 41.2. The predicted molar refractivity (Wildman–Crippen MR) is 451 cm³/mol. The lowest BCUT2D eigenvalue weighted by Crippen LogP contribution is -2.48. The summed E-state index contributed by atoms with van der Waals surface area (Å²) < 4.78 is 24.2. The molecule has 0 bridgehead atoms. The number of aliphatic hydroxyl groups is 1. The monoisotopic (exact) mass is 1730 g/mol. The molecule has 0 aliphatic heterocycles. The number of rotatable bonds is 10. The highest BCUT2D eigenvalue weighted by atomic mass is 79.9. The number of nitrogens with one attached hydrogen (secondary N) is 1. The van der Waals surface area contributed by atoms with E-state index >= 15 is 0 Å². The Morgan fingerprint density at radius 2 is 0.627 bits per heavy atom. The quantitative estimate of drug-likeness (QED) is 0.0220. The largest absolute Gasteiger partial charge is 0.477 e. The number of anilines is 3. The van der Waals surface area contributed by atoms with Crippen molar-refractivity contribution in [3.05, 3.63) is 294 Å². The summed E-state index contributed by atoms with van der Waals surface area (Å²) >= 11 is 6.34. The number of carbonyl (C=O) groups excluding carboxylic acids is 6. The van der Waals surface area contributed by atoms with Gasteiger partial charge in [-0.15, -0.1) is 12.0 Å². The van der Waals surface area contributed by atoms with E-state index in [1.807, 2.05) is 24.3 Å². The lowest BCUT2D eigenvalue weighted by Gasteiger charge is -2.18. The van der Waals surface area contributed by atoms with Crippen molar-refractivity contribution >= 4 is 105 Å². The number of benzene rings is 3. The molecule has 118 heavy (non-hydrogen) atoms. The minimum absolute atomic E-state index is 0.0106. The van der Waals surface area contributed by atoms with Crippen molar-refractivity contribution in [3.63, 3.8) is 0 Å². The molecule has 2 atom stereocenters. The number of nitrogen functional groups attached to an aromatic ring is 3. The molecule has 30 heteroatoms. The Balaban J connectivity index is 0.000000297. The van der Waals surface area contributed by atoms with Gasteiger partial charge >= 0.3 is 41.8 Å². The molecule has 10 aromatic rings. The molecule has 0 fully saturated rings. The highest BCUT2D eigenvalue weighted by Gasteiger charge is 2.27. The van der Waals surface area contributed by atoms with E-state index in [0.717, 1.165) is 31.2 Å². The first kappa shape index (κ1) is 94.9. The van der Waals surface area contributed by atoms with Crippen LogP contribution in [0.1, 0.15) is 125 Å². The highest BCUT2D eigenvalue weighted by Crippen LogP contribution is 2.12. The Labute approximate surface area is 698 Å². The van der Waals surface area contributed by atoms with E-state index in [0.29, 0.717) is 50.7 Å². The molecule has 1 unspecified atom stereocenters. The summed E-state index contributed by atoms with van der Waals surface area (Å²) in [6.07, 6.45) is 14.4. The third kappa shape index (κ3) is 37.2. The summed E-state index contributed by atoms with van der Waals surface area (Å²) in [7, 11) is 5.09. The molecular weight excluding hydrogens is 1650 g/mol. The summed E-state index contributed by atoms with van der Waals surface area (Å²) in [6.45, 7) is 7.90. The van der Waals surface area contributed by atoms with Crippen LogP contribution in [0.4, 0.5) is 17.1 Å². The number of aromatic nitrogens is 7. The summed E-state index contributed by atoms with van der Waals surface area (Å²) in [4.78, 5) is 116. The van der Waals surface area contributed by atoms with Gasteiger partial charge < -0.3 is 61.5 Å². The number of nitrogens with two attached hydrogens (primary N) is 3. The Morgan fingerprint density at radius 1 is 0.373 bits per heavy atom. The van der Waals surface area contributed by atoms with E-state index in [1.54, 1.807) is 122 Å². The van der Waals surface area contributed by atoms with Gasteiger partial charge in [0.2, 0.25) is 0 Å². The molecule has 594 valence electrons. The molecular formula is C88H73Br2N11O16Si. The second-order valence-corrected chi connectivity index (χ2v) is 30.3. The number of hydrogen-bond acceptors (Lipinski definition) is 24.